The first-order chi connectivity index (χ1) is 7.93. The molecule has 0 saturated carbocycles. The van der Waals surface area contributed by atoms with Gasteiger partial charge in [0.05, 0.1) is 13.2 Å². The van der Waals surface area contributed by atoms with Crippen LogP contribution in [-0.2, 0) is 28.6 Å². The van der Waals surface area contributed by atoms with E-state index in [0.29, 0.717) is 0 Å². The molecule has 0 bridgehead atoms. The smallest absolute Gasteiger partial charge is 0.349 e. The fourth-order valence-corrected chi connectivity index (χ4v) is 1.43. The highest BCUT2D eigenvalue weighted by atomic mass is 79.9. The molecule has 98 valence electrons. The van der Waals surface area contributed by atoms with Crippen molar-refractivity contribution in [1.82, 2.24) is 0 Å². The molecule has 0 saturated heterocycles. The molecule has 0 aliphatic carbocycles. The summed E-state index contributed by atoms with van der Waals surface area (Å²) in [6, 6.07) is 0. The third kappa shape index (κ3) is 5.67. The number of esters is 3. The lowest BCUT2D eigenvalue weighted by molar-refractivity contribution is -0.169. The van der Waals surface area contributed by atoms with E-state index in [1.165, 1.54) is 0 Å². The number of hydrogen-bond acceptors (Lipinski definition) is 6. The molecule has 0 radical (unpaired) electrons. The van der Waals surface area contributed by atoms with E-state index in [1.54, 1.807) is 13.8 Å². The minimum absolute atomic E-state index is 0.124. The SMILES string of the molecule is CCOC(=O)[C@H](Br)[C@@H](OC(C)=O)C(=O)OCC. The van der Waals surface area contributed by atoms with Crippen molar-refractivity contribution < 1.29 is 28.6 Å². The van der Waals surface area contributed by atoms with Gasteiger partial charge in [-0.15, -0.1) is 0 Å². The summed E-state index contributed by atoms with van der Waals surface area (Å²) in [6.07, 6.45) is -1.34. The molecule has 0 amide bonds. The van der Waals surface area contributed by atoms with Crippen molar-refractivity contribution >= 4 is 33.8 Å². The molecule has 0 rings (SSSR count). The second-order valence-electron chi connectivity index (χ2n) is 2.94. The number of halogens is 1. The molecule has 0 aromatic heterocycles. The van der Waals surface area contributed by atoms with Gasteiger partial charge in [-0.1, -0.05) is 15.9 Å². The fraction of sp³-hybridized carbons (Fsp3) is 0.700. The average molecular weight is 311 g/mol. The standard InChI is InChI=1S/C10H15BrO6/c1-4-15-9(13)7(11)8(17-6(3)12)10(14)16-5-2/h7-8H,4-5H2,1-3H3/t7-,8-/m1/s1. The zero-order valence-electron chi connectivity index (χ0n) is 9.90. The first-order valence-electron chi connectivity index (χ1n) is 5.08. The van der Waals surface area contributed by atoms with E-state index >= 15 is 0 Å². The Morgan fingerprint density at radius 1 is 1.06 bits per heavy atom. The van der Waals surface area contributed by atoms with Gasteiger partial charge in [-0.3, -0.25) is 9.59 Å². The maximum atomic E-state index is 11.5. The van der Waals surface area contributed by atoms with E-state index in [9.17, 15) is 14.4 Å². The van der Waals surface area contributed by atoms with Crippen LogP contribution in [-0.4, -0.2) is 42.1 Å². The van der Waals surface area contributed by atoms with E-state index in [2.05, 4.69) is 15.9 Å². The lowest BCUT2D eigenvalue weighted by Crippen LogP contribution is -2.41. The van der Waals surface area contributed by atoms with Crippen molar-refractivity contribution in [1.29, 1.82) is 0 Å². The van der Waals surface area contributed by atoms with Crippen LogP contribution in [0.15, 0.2) is 0 Å². The fourth-order valence-electron chi connectivity index (χ4n) is 0.976. The molecule has 7 heteroatoms. The number of alkyl halides is 1. The van der Waals surface area contributed by atoms with Gasteiger partial charge in [-0.2, -0.15) is 0 Å². The highest BCUT2D eigenvalue weighted by molar-refractivity contribution is 9.10. The summed E-state index contributed by atoms with van der Waals surface area (Å²) < 4.78 is 14.1. The quantitative estimate of drug-likeness (QED) is 0.410. The summed E-state index contributed by atoms with van der Waals surface area (Å²) in [7, 11) is 0. The Morgan fingerprint density at radius 3 is 1.94 bits per heavy atom. The predicted molar refractivity (Wildman–Crippen MR) is 61.5 cm³/mol. The van der Waals surface area contributed by atoms with Crippen LogP contribution < -0.4 is 0 Å². The van der Waals surface area contributed by atoms with E-state index in [0.717, 1.165) is 6.92 Å². The molecule has 0 heterocycles. The van der Waals surface area contributed by atoms with Gasteiger partial charge in [0, 0.05) is 6.92 Å². The highest BCUT2D eigenvalue weighted by Crippen LogP contribution is 2.14. The predicted octanol–water partition coefficient (Wildman–Crippen LogP) is 0.808. The molecule has 0 N–H and O–H groups in total. The third-order valence-corrected chi connectivity index (χ3v) is 2.44. The summed E-state index contributed by atoms with van der Waals surface area (Å²) in [6.45, 7) is 4.66. The second-order valence-corrected chi connectivity index (χ2v) is 3.92. The second kappa shape index (κ2) is 8.05. The van der Waals surface area contributed by atoms with E-state index < -0.39 is 28.8 Å². The molecule has 0 fully saturated rings. The van der Waals surface area contributed by atoms with E-state index in [4.69, 9.17) is 14.2 Å². The molecular weight excluding hydrogens is 296 g/mol. The zero-order chi connectivity index (χ0) is 13.4. The lowest BCUT2D eigenvalue weighted by atomic mass is 10.2. The van der Waals surface area contributed by atoms with Gasteiger partial charge in [-0.25, -0.2) is 4.79 Å². The minimum atomic E-state index is -1.34. The summed E-state index contributed by atoms with van der Waals surface area (Å²) in [5.41, 5.74) is 0. The largest absolute Gasteiger partial charge is 0.465 e. The topological polar surface area (TPSA) is 78.9 Å². The molecular formula is C10H15BrO6. The van der Waals surface area contributed by atoms with Crippen molar-refractivity contribution in [2.45, 2.75) is 31.7 Å². The minimum Gasteiger partial charge on any atom is -0.465 e. The number of carbonyl (C=O) groups excluding carboxylic acids is 3. The van der Waals surface area contributed by atoms with Crippen LogP contribution in [0.1, 0.15) is 20.8 Å². The maximum Gasteiger partial charge on any atom is 0.349 e. The normalized spacial score (nSPS) is 13.4. The van der Waals surface area contributed by atoms with Gasteiger partial charge < -0.3 is 14.2 Å². The number of carbonyl (C=O) groups is 3. The number of hydrogen-bond donors (Lipinski definition) is 0. The van der Waals surface area contributed by atoms with Gasteiger partial charge in [-0.05, 0) is 13.8 Å². The Morgan fingerprint density at radius 2 is 1.53 bits per heavy atom. The summed E-state index contributed by atoms with van der Waals surface area (Å²) in [5.74, 6) is -2.17. The summed E-state index contributed by atoms with van der Waals surface area (Å²) in [4.78, 5) is 32.7. The summed E-state index contributed by atoms with van der Waals surface area (Å²) in [5, 5.41) is 0. The molecule has 6 nitrogen and oxygen atoms in total. The molecule has 0 aromatic rings. The summed E-state index contributed by atoms with van der Waals surface area (Å²) >= 11 is 2.96. The molecule has 0 aliphatic heterocycles. The first-order valence-corrected chi connectivity index (χ1v) is 6.00. The molecule has 0 aromatic carbocycles. The Kier molecular flexibility index (Phi) is 7.53. The van der Waals surface area contributed by atoms with Crippen molar-refractivity contribution in [3.05, 3.63) is 0 Å². The molecule has 0 aliphatic rings. The van der Waals surface area contributed by atoms with Crippen LogP contribution in [0, 0.1) is 0 Å². The lowest BCUT2D eigenvalue weighted by Gasteiger charge is -2.19. The molecule has 2 atom stereocenters. The molecule has 0 unspecified atom stereocenters. The van der Waals surface area contributed by atoms with Crippen LogP contribution >= 0.6 is 15.9 Å². The Labute approximate surface area is 108 Å². The monoisotopic (exact) mass is 310 g/mol. The molecule has 17 heavy (non-hydrogen) atoms. The van der Waals surface area contributed by atoms with Crippen molar-refractivity contribution in [2.75, 3.05) is 13.2 Å². The first kappa shape index (κ1) is 15.9. The van der Waals surface area contributed by atoms with Crippen LogP contribution in [0.4, 0.5) is 0 Å². The van der Waals surface area contributed by atoms with Gasteiger partial charge >= 0.3 is 17.9 Å². The molecule has 0 spiro atoms. The van der Waals surface area contributed by atoms with Gasteiger partial charge in [0.25, 0.3) is 0 Å². The van der Waals surface area contributed by atoms with Crippen molar-refractivity contribution in [3.8, 4) is 0 Å². The maximum absolute atomic E-state index is 11.5. The highest BCUT2D eigenvalue weighted by Gasteiger charge is 2.36. The third-order valence-electron chi connectivity index (χ3n) is 1.59. The van der Waals surface area contributed by atoms with Crippen molar-refractivity contribution in [2.24, 2.45) is 0 Å². The van der Waals surface area contributed by atoms with Crippen LogP contribution in [0.3, 0.4) is 0 Å². The van der Waals surface area contributed by atoms with Crippen LogP contribution in [0.25, 0.3) is 0 Å². The van der Waals surface area contributed by atoms with Gasteiger partial charge in [0.1, 0.15) is 0 Å². The van der Waals surface area contributed by atoms with E-state index in [-0.39, 0.29) is 13.2 Å². The van der Waals surface area contributed by atoms with Crippen molar-refractivity contribution in [3.63, 3.8) is 0 Å². The average Bonchev–Trinajstić information content (AvgIpc) is 2.25. The number of rotatable bonds is 6. The van der Waals surface area contributed by atoms with Gasteiger partial charge in [0.15, 0.2) is 4.83 Å². The Hall–Kier alpha value is -1.11. The van der Waals surface area contributed by atoms with Crippen LogP contribution in [0.2, 0.25) is 0 Å². The van der Waals surface area contributed by atoms with E-state index in [1.807, 2.05) is 0 Å². The number of ether oxygens (including phenoxy) is 3. The Bertz CT molecular complexity index is 291. The van der Waals surface area contributed by atoms with Crippen LogP contribution in [0.5, 0.6) is 0 Å². The zero-order valence-corrected chi connectivity index (χ0v) is 11.5. The van der Waals surface area contributed by atoms with Gasteiger partial charge in [0.2, 0.25) is 6.10 Å². The Balaban J connectivity index is 4.71.